The summed E-state index contributed by atoms with van der Waals surface area (Å²) in [4.78, 5) is 25.3. The number of carbonyl (C=O) groups excluding carboxylic acids is 1. The smallest absolute Gasteiger partial charge is 0.408 e. The largest absolute Gasteiger partial charge is 0.465 e. The van der Waals surface area contributed by atoms with Crippen molar-refractivity contribution in [1.29, 1.82) is 0 Å². The van der Waals surface area contributed by atoms with Crippen LogP contribution in [-0.2, 0) is 11.3 Å². The summed E-state index contributed by atoms with van der Waals surface area (Å²) in [5.74, 6) is -1.30. The predicted octanol–water partition coefficient (Wildman–Crippen LogP) is 3.60. The number of halogens is 3. The number of carboxylic acid groups (broad SMARTS) is 1. The summed E-state index contributed by atoms with van der Waals surface area (Å²) in [6.45, 7) is 4.50. The van der Waals surface area contributed by atoms with Crippen molar-refractivity contribution in [2.24, 2.45) is 5.41 Å². The lowest BCUT2D eigenvalue weighted by atomic mass is 9.71. The number of alkyl halides is 1. The maximum Gasteiger partial charge on any atom is 0.408 e. The average molecular weight is 375 g/mol. The van der Waals surface area contributed by atoms with E-state index < -0.39 is 34.9 Å². The quantitative estimate of drug-likeness (QED) is 0.849. The van der Waals surface area contributed by atoms with Crippen LogP contribution in [0.25, 0.3) is 0 Å². The fourth-order valence-electron chi connectivity index (χ4n) is 3.36. The van der Waals surface area contributed by atoms with Crippen molar-refractivity contribution in [2.45, 2.75) is 45.4 Å². The zero-order valence-electron chi connectivity index (χ0n) is 14.3. The third-order valence-electron chi connectivity index (χ3n) is 4.68. The van der Waals surface area contributed by atoms with Crippen LogP contribution in [-0.4, -0.2) is 40.3 Å². The van der Waals surface area contributed by atoms with Gasteiger partial charge in [-0.25, -0.2) is 13.6 Å². The Balaban J connectivity index is 2.31. The molecule has 0 bridgehead atoms. The molecule has 1 fully saturated rings. The van der Waals surface area contributed by atoms with Crippen molar-refractivity contribution in [3.05, 3.63) is 34.6 Å². The highest BCUT2D eigenvalue weighted by molar-refractivity contribution is 6.30. The lowest BCUT2D eigenvalue weighted by Crippen LogP contribution is -2.63. The number of nitrogens with zero attached hydrogens (tertiary/aromatic N) is 1. The van der Waals surface area contributed by atoms with E-state index in [4.69, 9.17) is 11.6 Å². The lowest BCUT2D eigenvalue weighted by molar-refractivity contribution is -0.137. The molecule has 2 N–H and O–H groups in total. The molecule has 0 unspecified atom stereocenters. The molecule has 0 saturated carbocycles. The number of nitrogens with one attached hydrogen (secondary N) is 1. The van der Waals surface area contributed by atoms with Crippen molar-refractivity contribution in [2.75, 3.05) is 6.54 Å². The lowest BCUT2D eigenvalue weighted by Gasteiger charge is -2.45. The fraction of sp³-hybridized carbons (Fsp3) is 0.529. The molecule has 25 heavy (non-hydrogen) atoms. The Morgan fingerprint density at radius 3 is 2.64 bits per heavy atom. The van der Waals surface area contributed by atoms with Gasteiger partial charge >= 0.3 is 6.09 Å². The normalized spacial score (nSPS) is 23.6. The topological polar surface area (TPSA) is 69.6 Å². The number of likely N-dealkylation sites (tertiary alicyclic amines) is 1. The van der Waals surface area contributed by atoms with E-state index in [0.717, 1.165) is 4.90 Å². The summed E-state index contributed by atoms with van der Waals surface area (Å²) in [7, 11) is 0. The predicted molar refractivity (Wildman–Crippen MR) is 89.7 cm³/mol. The van der Waals surface area contributed by atoms with Crippen LogP contribution >= 0.6 is 11.6 Å². The van der Waals surface area contributed by atoms with E-state index >= 15 is 0 Å². The van der Waals surface area contributed by atoms with Crippen LogP contribution in [0.1, 0.15) is 32.8 Å². The van der Waals surface area contributed by atoms with Crippen LogP contribution < -0.4 is 5.32 Å². The standard InChI is InChI=1S/C17H21ClF2N2O3/c1-16(2,3)17(7-11(19)9-22(17)15(24)25)14(23)21-8-10-5-4-6-12(18)13(10)20/h4-6,11H,7-9H2,1-3H3,(H,21,23)(H,24,25)/t11-,17-/m1/s1. The van der Waals surface area contributed by atoms with Crippen LogP contribution in [0, 0.1) is 11.2 Å². The summed E-state index contributed by atoms with van der Waals surface area (Å²) in [5.41, 5.74) is -2.27. The molecular weight excluding hydrogens is 354 g/mol. The first-order chi connectivity index (χ1) is 11.5. The number of hydrogen-bond donors (Lipinski definition) is 2. The molecule has 1 aromatic carbocycles. The summed E-state index contributed by atoms with van der Waals surface area (Å²) < 4.78 is 28.0. The van der Waals surface area contributed by atoms with Crippen LogP contribution in [0.4, 0.5) is 13.6 Å². The molecule has 1 aliphatic heterocycles. The van der Waals surface area contributed by atoms with Gasteiger partial charge in [0.2, 0.25) is 5.91 Å². The average Bonchev–Trinajstić information content (AvgIpc) is 2.87. The van der Waals surface area contributed by atoms with Gasteiger partial charge in [-0.2, -0.15) is 0 Å². The van der Waals surface area contributed by atoms with Crippen molar-refractivity contribution in [1.82, 2.24) is 10.2 Å². The first kappa shape index (κ1) is 19.4. The number of benzene rings is 1. The molecule has 0 aromatic heterocycles. The summed E-state index contributed by atoms with van der Waals surface area (Å²) in [6.07, 6.45) is -3.05. The minimum atomic E-state index is -1.58. The van der Waals surface area contributed by atoms with Crippen LogP contribution in [0.3, 0.4) is 0 Å². The van der Waals surface area contributed by atoms with E-state index in [0.29, 0.717) is 0 Å². The number of hydrogen-bond acceptors (Lipinski definition) is 2. The zero-order chi connectivity index (χ0) is 19.0. The molecule has 1 saturated heterocycles. The third kappa shape index (κ3) is 3.42. The molecule has 5 nitrogen and oxygen atoms in total. The molecule has 8 heteroatoms. The molecule has 1 aromatic rings. The highest BCUT2D eigenvalue weighted by atomic mass is 35.5. The second-order valence-electron chi connectivity index (χ2n) is 7.20. The number of carbonyl (C=O) groups is 2. The highest BCUT2D eigenvalue weighted by Crippen LogP contribution is 2.45. The Hall–Kier alpha value is -1.89. The Morgan fingerprint density at radius 1 is 1.44 bits per heavy atom. The van der Waals surface area contributed by atoms with Gasteiger partial charge in [0.1, 0.15) is 17.5 Å². The second kappa shape index (κ2) is 6.78. The maximum absolute atomic E-state index is 14.0. The van der Waals surface area contributed by atoms with Gasteiger partial charge in [0.05, 0.1) is 11.6 Å². The molecule has 2 rings (SSSR count). The van der Waals surface area contributed by atoms with Gasteiger partial charge in [-0.1, -0.05) is 44.5 Å². The molecular formula is C17H21ClF2N2O3. The SMILES string of the molecule is CC(C)(C)[C@]1(C(=O)NCc2cccc(Cl)c2F)C[C@@H](F)CN1C(=O)O. The molecule has 1 heterocycles. The second-order valence-corrected chi connectivity index (χ2v) is 7.61. The first-order valence-electron chi connectivity index (χ1n) is 7.86. The monoisotopic (exact) mass is 374 g/mol. The van der Waals surface area contributed by atoms with Gasteiger partial charge in [-0.05, 0) is 11.5 Å². The zero-order valence-corrected chi connectivity index (χ0v) is 15.0. The Bertz CT molecular complexity index is 693. The van der Waals surface area contributed by atoms with E-state index in [9.17, 15) is 23.5 Å². The van der Waals surface area contributed by atoms with Gasteiger partial charge in [0, 0.05) is 18.5 Å². The Labute approximate surface area is 150 Å². The Kier molecular flexibility index (Phi) is 5.27. The number of amides is 2. The summed E-state index contributed by atoms with van der Waals surface area (Å²) >= 11 is 5.72. The van der Waals surface area contributed by atoms with Crippen molar-refractivity contribution in [3.8, 4) is 0 Å². The minimum absolute atomic E-state index is 0.0749. The molecule has 2 atom stereocenters. The third-order valence-corrected chi connectivity index (χ3v) is 4.97. The fourth-order valence-corrected chi connectivity index (χ4v) is 3.56. The first-order valence-corrected chi connectivity index (χ1v) is 8.24. The van der Waals surface area contributed by atoms with E-state index in [1.54, 1.807) is 26.8 Å². The van der Waals surface area contributed by atoms with E-state index in [1.807, 2.05) is 0 Å². The van der Waals surface area contributed by atoms with E-state index in [1.165, 1.54) is 12.1 Å². The maximum atomic E-state index is 14.0. The highest BCUT2D eigenvalue weighted by Gasteiger charge is 2.60. The van der Waals surface area contributed by atoms with Crippen molar-refractivity contribution < 1.29 is 23.5 Å². The van der Waals surface area contributed by atoms with Gasteiger partial charge < -0.3 is 10.4 Å². The van der Waals surface area contributed by atoms with Crippen LogP contribution in [0.15, 0.2) is 18.2 Å². The van der Waals surface area contributed by atoms with E-state index in [2.05, 4.69) is 5.32 Å². The van der Waals surface area contributed by atoms with Gasteiger partial charge in [-0.3, -0.25) is 9.69 Å². The van der Waals surface area contributed by atoms with Crippen LogP contribution in [0.5, 0.6) is 0 Å². The molecule has 138 valence electrons. The van der Waals surface area contributed by atoms with E-state index in [-0.39, 0.29) is 30.1 Å². The number of rotatable bonds is 3. The van der Waals surface area contributed by atoms with Gasteiger partial charge in [0.25, 0.3) is 0 Å². The van der Waals surface area contributed by atoms with Crippen molar-refractivity contribution in [3.63, 3.8) is 0 Å². The summed E-state index contributed by atoms with van der Waals surface area (Å²) in [6, 6.07) is 4.39. The molecule has 2 amide bonds. The molecule has 0 aliphatic carbocycles. The molecule has 0 radical (unpaired) electrons. The van der Waals surface area contributed by atoms with Gasteiger partial charge in [0.15, 0.2) is 0 Å². The molecule has 0 spiro atoms. The molecule has 1 aliphatic rings. The van der Waals surface area contributed by atoms with Gasteiger partial charge in [-0.15, -0.1) is 0 Å². The van der Waals surface area contributed by atoms with Crippen LogP contribution in [0.2, 0.25) is 5.02 Å². The Morgan fingerprint density at radius 2 is 2.08 bits per heavy atom. The van der Waals surface area contributed by atoms with Crippen molar-refractivity contribution >= 4 is 23.6 Å². The minimum Gasteiger partial charge on any atom is -0.465 e. The summed E-state index contributed by atoms with van der Waals surface area (Å²) in [5, 5.41) is 11.9.